The van der Waals surface area contributed by atoms with E-state index in [0.717, 1.165) is 22.7 Å². The molecule has 0 amide bonds. The summed E-state index contributed by atoms with van der Waals surface area (Å²) in [5.74, 6) is 1.66. The fourth-order valence-corrected chi connectivity index (χ4v) is 2.16. The first-order valence-electron chi connectivity index (χ1n) is 6.92. The van der Waals surface area contributed by atoms with Gasteiger partial charge in [-0.15, -0.1) is 0 Å². The standard InChI is InChI=1S/C17H20ClNO2/c1-12(2)21-17-7-5-4-6-13(17)11-19-16-10-14(20-3)8-9-15(16)18/h4-10,12,19H,11H2,1-3H3. The van der Waals surface area contributed by atoms with Crippen molar-refractivity contribution in [3.63, 3.8) is 0 Å². The predicted molar refractivity (Wildman–Crippen MR) is 87.5 cm³/mol. The van der Waals surface area contributed by atoms with Crippen molar-refractivity contribution in [1.29, 1.82) is 0 Å². The summed E-state index contributed by atoms with van der Waals surface area (Å²) in [6.45, 7) is 4.67. The zero-order chi connectivity index (χ0) is 15.2. The molecule has 0 spiro atoms. The number of hydrogen-bond donors (Lipinski definition) is 1. The fraction of sp³-hybridized carbons (Fsp3) is 0.294. The minimum absolute atomic E-state index is 0.145. The monoisotopic (exact) mass is 305 g/mol. The predicted octanol–water partition coefficient (Wildman–Crippen LogP) is 4.75. The summed E-state index contributed by atoms with van der Waals surface area (Å²) in [5, 5.41) is 3.99. The molecule has 4 heteroatoms. The minimum atomic E-state index is 0.145. The Hall–Kier alpha value is -1.87. The van der Waals surface area contributed by atoms with Gasteiger partial charge in [0.2, 0.25) is 0 Å². The molecule has 0 aliphatic rings. The summed E-state index contributed by atoms with van der Waals surface area (Å²) in [6.07, 6.45) is 0.145. The van der Waals surface area contributed by atoms with Crippen LogP contribution in [0.3, 0.4) is 0 Å². The molecule has 0 aliphatic carbocycles. The number of anilines is 1. The normalized spacial score (nSPS) is 10.5. The average Bonchev–Trinajstić information content (AvgIpc) is 2.47. The van der Waals surface area contributed by atoms with E-state index in [2.05, 4.69) is 5.32 Å². The maximum absolute atomic E-state index is 6.19. The molecule has 0 fully saturated rings. The SMILES string of the molecule is COc1ccc(Cl)c(NCc2ccccc2OC(C)C)c1. The van der Waals surface area contributed by atoms with Crippen LogP contribution in [0.1, 0.15) is 19.4 Å². The highest BCUT2D eigenvalue weighted by Gasteiger charge is 2.07. The van der Waals surface area contributed by atoms with Gasteiger partial charge in [0.05, 0.1) is 23.9 Å². The lowest BCUT2D eigenvalue weighted by molar-refractivity contribution is 0.240. The number of hydrogen-bond acceptors (Lipinski definition) is 3. The summed E-state index contributed by atoms with van der Waals surface area (Å²) in [7, 11) is 1.64. The lowest BCUT2D eigenvalue weighted by Crippen LogP contribution is -2.09. The van der Waals surface area contributed by atoms with Gasteiger partial charge in [0, 0.05) is 18.2 Å². The minimum Gasteiger partial charge on any atom is -0.497 e. The molecular weight excluding hydrogens is 286 g/mol. The first-order chi connectivity index (χ1) is 10.1. The first-order valence-corrected chi connectivity index (χ1v) is 7.30. The quantitative estimate of drug-likeness (QED) is 0.835. The summed E-state index contributed by atoms with van der Waals surface area (Å²) in [6, 6.07) is 13.5. The Balaban J connectivity index is 2.13. The second kappa shape index (κ2) is 7.23. The highest BCUT2D eigenvalue weighted by Crippen LogP contribution is 2.28. The van der Waals surface area contributed by atoms with Crippen molar-refractivity contribution < 1.29 is 9.47 Å². The van der Waals surface area contributed by atoms with Crippen molar-refractivity contribution in [2.24, 2.45) is 0 Å². The molecule has 2 rings (SSSR count). The highest BCUT2D eigenvalue weighted by molar-refractivity contribution is 6.33. The van der Waals surface area contributed by atoms with E-state index in [1.54, 1.807) is 7.11 Å². The zero-order valence-electron chi connectivity index (χ0n) is 12.5. The number of ether oxygens (including phenoxy) is 2. The van der Waals surface area contributed by atoms with Gasteiger partial charge in [-0.05, 0) is 32.0 Å². The third kappa shape index (κ3) is 4.30. The molecule has 0 heterocycles. The first kappa shape index (κ1) is 15.5. The topological polar surface area (TPSA) is 30.5 Å². The summed E-state index contributed by atoms with van der Waals surface area (Å²) in [4.78, 5) is 0. The number of para-hydroxylation sites is 1. The van der Waals surface area contributed by atoms with E-state index in [1.165, 1.54) is 0 Å². The smallest absolute Gasteiger partial charge is 0.124 e. The molecule has 0 unspecified atom stereocenters. The van der Waals surface area contributed by atoms with Gasteiger partial charge >= 0.3 is 0 Å². The van der Waals surface area contributed by atoms with Crippen molar-refractivity contribution in [2.75, 3.05) is 12.4 Å². The Morgan fingerprint density at radius 2 is 1.90 bits per heavy atom. The lowest BCUT2D eigenvalue weighted by Gasteiger charge is -2.15. The van der Waals surface area contributed by atoms with Gasteiger partial charge < -0.3 is 14.8 Å². The second-order valence-corrected chi connectivity index (χ2v) is 5.38. The molecule has 0 radical (unpaired) electrons. The Bertz CT molecular complexity index is 599. The molecule has 0 aromatic heterocycles. The molecular formula is C17H20ClNO2. The third-order valence-electron chi connectivity index (χ3n) is 2.98. The van der Waals surface area contributed by atoms with Crippen LogP contribution in [0.2, 0.25) is 5.02 Å². The zero-order valence-corrected chi connectivity index (χ0v) is 13.3. The lowest BCUT2D eigenvalue weighted by atomic mass is 10.2. The van der Waals surface area contributed by atoms with Gasteiger partial charge in [0.1, 0.15) is 11.5 Å². The van der Waals surface area contributed by atoms with Gasteiger partial charge in [-0.1, -0.05) is 29.8 Å². The van der Waals surface area contributed by atoms with Gasteiger partial charge in [-0.2, -0.15) is 0 Å². The number of methoxy groups -OCH3 is 1. The largest absolute Gasteiger partial charge is 0.497 e. The second-order valence-electron chi connectivity index (χ2n) is 4.97. The van der Waals surface area contributed by atoms with Crippen LogP contribution in [-0.4, -0.2) is 13.2 Å². The van der Waals surface area contributed by atoms with Crippen LogP contribution in [-0.2, 0) is 6.54 Å². The van der Waals surface area contributed by atoms with E-state index in [1.807, 2.05) is 56.3 Å². The number of benzene rings is 2. The Morgan fingerprint density at radius 1 is 1.14 bits per heavy atom. The summed E-state index contributed by atoms with van der Waals surface area (Å²) in [5.41, 5.74) is 1.93. The molecule has 112 valence electrons. The highest BCUT2D eigenvalue weighted by atomic mass is 35.5. The molecule has 1 N–H and O–H groups in total. The molecule has 2 aromatic carbocycles. The van der Waals surface area contributed by atoms with Gasteiger partial charge in [-0.3, -0.25) is 0 Å². The number of rotatable bonds is 6. The van der Waals surface area contributed by atoms with Crippen LogP contribution < -0.4 is 14.8 Å². The van der Waals surface area contributed by atoms with E-state index in [9.17, 15) is 0 Å². The Morgan fingerprint density at radius 3 is 2.62 bits per heavy atom. The Labute approximate surface area is 130 Å². The average molecular weight is 306 g/mol. The molecule has 0 saturated carbocycles. The van der Waals surface area contributed by atoms with Crippen molar-refractivity contribution in [1.82, 2.24) is 0 Å². The van der Waals surface area contributed by atoms with Gasteiger partial charge in [0.25, 0.3) is 0 Å². The van der Waals surface area contributed by atoms with Crippen molar-refractivity contribution in [3.8, 4) is 11.5 Å². The van der Waals surface area contributed by atoms with Crippen LogP contribution in [0.25, 0.3) is 0 Å². The van der Waals surface area contributed by atoms with Crippen LogP contribution in [0.4, 0.5) is 5.69 Å². The third-order valence-corrected chi connectivity index (χ3v) is 3.31. The van der Waals surface area contributed by atoms with Gasteiger partial charge in [-0.25, -0.2) is 0 Å². The van der Waals surface area contributed by atoms with E-state index < -0.39 is 0 Å². The van der Waals surface area contributed by atoms with E-state index in [-0.39, 0.29) is 6.10 Å². The van der Waals surface area contributed by atoms with Crippen molar-refractivity contribution in [2.45, 2.75) is 26.5 Å². The van der Waals surface area contributed by atoms with E-state index >= 15 is 0 Å². The van der Waals surface area contributed by atoms with Crippen molar-refractivity contribution in [3.05, 3.63) is 53.1 Å². The van der Waals surface area contributed by atoms with E-state index in [4.69, 9.17) is 21.1 Å². The maximum Gasteiger partial charge on any atom is 0.124 e. The molecule has 0 bridgehead atoms. The fourth-order valence-electron chi connectivity index (χ4n) is 1.98. The number of nitrogens with one attached hydrogen (secondary N) is 1. The van der Waals surface area contributed by atoms with Crippen LogP contribution in [0.15, 0.2) is 42.5 Å². The van der Waals surface area contributed by atoms with Crippen LogP contribution in [0.5, 0.6) is 11.5 Å². The maximum atomic E-state index is 6.19. The van der Waals surface area contributed by atoms with Crippen molar-refractivity contribution >= 4 is 17.3 Å². The van der Waals surface area contributed by atoms with Crippen LogP contribution >= 0.6 is 11.6 Å². The van der Waals surface area contributed by atoms with Gasteiger partial charge in [0.15, 0.2) is 0 Å². The Kier molecular flexibility index (Phi) is 5.34. The molecule has 2 aromatic rings. The number of halogens is 1. The molecule has 3 nitrogen and oxygen atoms in total. The molecule has 21 heavy (non-hydrogen) atoms. The van der Waals surface area contributed by atoms with E-state index in [0.29, 0.717) is 11.6 Å². The molecule has 0 atom stereocenters. The summed E-state index contributed by atoms with van der Waals surface area (Å²) < 4.78 is 11.0. The van der Waals surface area contributed by atoms with Crippen LogP contribution in [0, 0.1) is 0 Å². The summed E-state index contributed by atoms with van der Waals surface area (Å²) >= 11 is 6.19. The molecule has 0 aliphatic heterocycles. The molecule has 0 saturated heterocycles.